The summed E-state index contributed by atoms with van der Waals surface area (Å²) in [6.45, 7) is 0. The van der Waals surface area contributed by atoms with Crippen LogP contribution in [0, 0.1) is 0 Å². The third-order valence-electron chi connectivity index (χ3n) is 0.647. The molecule has 1 heterocycles. The maximum Gasteiger partial charge on any atom is 1.00 e. The SMILES string of the molecule is O=C1OC([S-])C([S-])O1.[Li+].[Li+]. The molecule has 1 aliphatic heterocycles. The van der Waals surface area contributed by atoms with Gasteiger partial charge in [0.15, 0.2) is 0 Å². The van der Waals surface area contributed by atoms with E-state index in [4.69, 9.17) is 0 Å². The van der Waals surface area contributed by atoms with Gasteiger partial charge in [-0.3, -0.25) is 0 Å². The molecule has 0 aliphatic carbocycles. The van der Waals surface area contributed by atoms with Crippen LogP contribution in [0.1, 0.15) is 0 Å². The molecule has 0 aromatic heterocycles. The van der Waals surface area contributed by atoms with E-state index in [9.17, 15) is 4.79 Å². The number of carbonyl (C=O) groups excluding carboxylic acids is 1. The van der Waals surface area contributed by atoms with Crippen molar-refractivity contribution in [3.8, 4) is 0 Å². The van der Waals surface area contributed by atoms with Gasteiger partial charge in [-0.25, -0.2) is 4.79 Å². The molecular weight excluding hydrogens is 162 g/mol. The minimum atomic E-state index is -0.759. The molecule has 0 N–H and O–H groups in total. The molecule has 7 heteroatoms. The first-order chi connectivity index (χ1) is 3.70. The number of carbonyl (C=O) groups is 1. The van der Waals surface area contributed by atoms with Crippen LogP contribution >= 0.6 is 0 Å². The fourth-order valence-corrected chi connectivity index (χ4v) is 0.597. The minimum absolute atomic E-state index is 0. The molecule has 0 radical (unpaired) electrons. The molecule has 0 aromatic rings. The van der Waals surface area contributed by atoms with Crippen molar-refractivity contribution >= 4 is 31.4 Å². The zero-order valence-corrected chi connectivity index (χ0v) is 7.33. The number of rotatable bonds is 0. The average Bonchev–Trinajstić information content (AvgIpc) is 1.85. The van der Waals surface area contributed by atoms with Gasteiger partial charge in [-0.15, -0.1) is 0 Å². The van der Waals surface area contributed by atoms with Gasteiger partial charge in [0.2, 0.25) is 0 Å². The van der Waals surface area contributed by atoms with Gasteiger partial charge in [-0.2, -0.15) is 0 Å². The molecule has 0 saturated carbocycles. The second-order valence-corrected chi connectivity index (χ2v) is 2.15. The smallest absolute Gasteiger partial charge is 0.746 e. The fraction of sp³-hybridized carbons (Fsp3) is 0.667. The zero-order valence-electron chi connectivity index (χ0n) is 5.70. The van der Waals surface area contributed by atoms with Crippen LogP contribution in [0.15, 0.2) is 0 Å². The van der Waals surface area contributed by atoms with E-state index in [0.717, 1.165) is 0 Å². The summed E-state index contributed by atoms with van der Waals surface area (Å²) in [4.78, 5) is 10.1. The van der Waals surface area contributed by atoms with Crippen LogP contribution in [0.25, 0.3) is 0 Å². The Labute approximate surface area is 93.8 Å². The van der Waals surface area contributed by atoms with Crippen LogP contribution in [0.2, 0.25) is 0 Å². The predicted molar refractivity (Wildman–Crippen MR) is 29.9 cm³/mol. The van der Waals surface area contributed by atoms with Gasteiger partial charge < -0.3 is 34.7 Å². The van der Waals surface area contributed by atoms with Crippen molar-refractivity contribution in [1.29, 1.82) is 0 Å². The minimum Gasteiger partial charge on any atom is -0.746 e. The van der Waals surface area contributed by atoms with Crippen molar-refractivity contribution in [3.05, 3.63) is 0 Å². The maximum absolute atomic E-state index is 10.1. The second-order valence-electron chi connectivity index (χ2n) is 1.22. The molecule has 2 unspecified atom stereocenters. The van der Waals surface area contributed by atoms with Crippen molar-refractivity contribution in [3.63, 3.8) is 0 Å². The average molecular weight is 164 g/mol. The first kappa shape index (κ1) is 13.7. The molecular formula is C3H2Li2O3S2. The zero-order chi connectivity index (χ0) is 6.15. The van der Waals surface area contributed by atoms with E-state index in [1.54, 1.807) is 0 Å². The summed E-state index contributed by atoms with van der Waals surface area (Å²) in [6.07, 6.45) is -0.759. The summed E-state index contributed by atoms with van der Waals surface area (Å²) in [5.41, 5.74) is -1.37. The van der Waals surface area contributed by atoms with Crippen molar-refractivity contribution < 1.29 is 52.0 Å². The van der Waals surface area contributed by atoms with Crippen molar-refractivity contribution in [1.82, 2.24) is 0 Å². The number of cyclic esters (lactones) is 2. The van der Waals surface area contributed by atoms with Gasteiger partial charge in [0, 0.05) is 10.9 Å². The Kier molecular flexibility index (Phi) is 7.92. The summed E-state index contributed by atoms with van der Waals surface area (Å²) in [5, 5.41) is 0. The number of hydrogen-bond donors (Lipinski definition) is 0. The van der Waals surface area contributed by atoms with E-state index >= 15 is 0 Å². The predicted octanol–water partition coefficient (Wildman–Crippen LogP) is -6.09. The van der Waals surface area contributed by atoms with E-state index in [1.165, 1.54) is 0 Å². The Bertz CT molecular complexity index is 110. The van der Waals surface area contributed by atoms with Gasteiger partial charge >= 0.3 is 43.9 Å². The Morgan fingerprint density at radius 3 is 1.50 bits per heavy atom. The van der Waals surface area contributed by atoms with Crippen LogP contribution in [0.4, 0.5) is 4.79 Å². The van der Waals surface area contributed by atoms with Crippen molar-refractivity contribution in [2.45, 2.75) is 10.9 Å². The molecule has 46 valence electrons. The van der Waals surface area contributed by atoms with E-state index in [2.05, 4.69) is 34.7 Å². The molecule has 1 saturated heterocycles. The van der Waals surface area contributed by atoms with E-state index in [-0.39, 0.29) is 37.7 Å². The molecule has 3 nitrogen and oxygen atoms in total. The molecule has 0 bridgehead atoms. The number of hydrogen-bond acceptors (Lipinski definition) is 5. The third-order valence-corrected chi connectivity index (χ3v) is 1.51. The van der Waals surface area contributed by atoms with Crippen molar-refractivity contribution in [2.24, 2.45) is 0 Å². The Morgan fingerprint density at radius 2 is 1.40 bits per heavy atom. The summed E-state index contributed by atoms with van der Waals surface area (Å²) < 4.78 is 8.65. The van der Waals surface area contributed by atoms with Crippen LogP contribution < -0.4 is 37.7 Å². The monoisotopic (exact) mass is 164 g/mol. The summed E-state index contributed by atoms with van der Waals surface area (Å²) in [5.74, 6) is 0. The summed E-state index contributed by atoms with van der Waals surface area (Å²) >= 11 is 9.06. The molecule has 1 aliphatic rings. The largest absolute Gasteiger partial charge is 1.00 e. The molecule has 0 amide bonds. The molecule has 0 aromatic carbocycles. The fourth-order valence-electron chi connectivity index (χ4n) is 0.329. The first-order valence-corrected chi connectivity index (χ1v) is 2.83. The molecule has 10 heavy (non-hydrogen) atoms. The normalized spacial score (nSPS) is 29.2. The van der Waals surface area contributed by atoms with Crippen LogP contribution in [0.3, 0.4) is 0 Å². The van der Waals surface area contributed by atoms with Crippen LogP contribution in [-0.2, 0) is 34.7 Å². The standard InChI is InChI=1S/C3H4O3S2.2Li/c4-3-5-1(7)2(8)6-3;;/h1-2,7-8H;;/q;2*+1/p-2. The Hall–Kier alpha value is 1.16. The van der Waals surface area contributed by atoms with E-state index in [0.29, 0.717) is 0 Å². The molecule has 1 fully saturated rings. The Balaban J connectivity index is 0. The topological polar surface area (TPSA) is 35.5 Å². The summed E-state index contributed by atoms with van der Waals surface area (Å²) in [6, 6.07) is 0. The molecule has 1 rings (SSSR count). The molecule has 0 spiro atoms. The quantitative estimate of drug-likeness (QED) is 0.202. The van der Waals surface area contributed by atoms with Gasteiger partial charge in [-0.1, -0.05) is 0 Å². The number of ether oxygens (including phenoxy) is 2. The van der Waals surface area contributed by atoms with Gasteiger partial charge in [0.05, 0.1) is 0 Å². The van der Waals surface area contributed by atoms with Gasteiger partial charge in [0.25, 0.3) is 0 Å². The van der Waals surface area contributed by atoms with Crippen molar-refractivity contribution in [2.75, 3.05) is 0 Å². The van der Waals surface area contributed by atoms with Crippen LogP contribution in [-0.4, -0.2) is 17.0 Å². The Morgan fingerprint density at radius 1 is 1.10 bits per heavy atom. The second kappa shape index (κ2) is 5.77. The maximum atomic E-state index is 10.1. The third kappa shape index (κ3) is 3.53. The van der Waals surface area contributed by atoms with Gasteiger partial charge in [-0.05, 0) is 0 Å². The summed E-state index contributed by atoms with van der Waals surface area (Å²) in [7, 11) is 0. The first-order valence-electron chi connectivity index (χ1n) is 1.89. The van der Waals surface area contributed by atoms with E-state index in [1.807, 2.05) is 0 Å². The van der Waals surface area contributed by atoms with E-state index < -0.39 is 17.0 Å². The molecule has 2 atom stereocenters. The van der Waals surface area contributed by atoms with Gasteiger partial charge in [0.1, 0.15) is 0 Å². The van der Waals surface area contributed by atoms with Crippen LogP contribution in [0.5, 0.6) is 0 Å².